The van der Waals surface area contributed by atoms with Gasteiger partial charge in [0.1, 0.15) is 0 Å². The van der Waals surface area contributed by atoms with Gasteiger partial charge in [0.25, 0.3) is 0 Å². The van der Waals surface area contributed by atoms with Crippen molar-refractivity contribution < 1.29 is 13.2 Å². The molecule has 6 nitrogen and oxygen atoms in total. The van der Waals surface area contributed by atoms with E-state index < -0.39 is 10.0 Å². The van der Waals surface area contributed by atoms with Crippen molar-refractivity contribution in [1.29, 1.82) is 0 Å². The minimum atomic E-state index is -3.54. The Kier molecular flexibility index (Phi) is 6.62. The summed E-state index contributed by atoms with van der Waals surface area (Å²) in [6, 6.07) is 6.29. The molecule has 0 aromatic heterocycles. The SMILES string of the molecule is CC(C)CNC(=O)CN1CCN(S(=O)(=O)c2cccc(Cl)c2)CC1. The highest BCUT2D eigenvalue weighted by Gasteiger charge is 2.29. The minimum Gasteiger partial charge on any atom is -0.355 e. The second-order valence-electron chi connectivity index (χ2n) is 6.34. The van der Waals surface area contributed by atoms with E-state index in [1.165, 1.54) is 10.4 Å². The Bertz CT molecular complexity index is 671. The molecular weight excluding hydrogens is 350 g/mol. The Labute approximate surface area is 148 Å². The van der Waals surface area contributed by atoms with E-state index in [0.717, 1.165) is 0 Å². The first kappa shape index (κ1) is 19.2. The molecule has 1 aromatic carbocycles. The van der Waals surface area contributed by atoms with E-state index in [9.17, 15) is 13.2 Å². The number of hydrogen-bond donors (Lipinski definition) is 1. The van der Waals surface area contributed by atoms with E-state index in [1.54, 1.807) is 18.2 Å². The number of halogens is 1. The van der Waals surface area contributed by atoms with E-state index in [-0.39, 0.29) is 10.8 Å². The van der Waals surface area contributed by atoms with Crippen molar-refractivity contribution >= 4 is 27.5 Å². The molecule has 0 atom stereocenters. The van der Waals surface area contributed by atoms with Crippen LogP contribution in [0, 0.1) is 5.92 Å². The van der Waals surface area contributed by atoms with Crippen LogP contribution >= 0.6 is 11.6 Å². The van der Waals surface area contributed by atoms with Gasteiger partial charge in [0, 0.05) is 37.7 Å². The summed E-state index contributed by atoms with van der Waals surface area (Å²) in [5.41, 5.74) is 0. The molecule has 0 aliphatic carbocycles. The fourth-order valence-electron chi connectivity index (χ4n) is 2.48. The summed E-state index contributed by atoms with van der Waals surface area (Å²) in [5, 5.41) is 3.28. The Hall–Kier alpha value is -1.15. The van der Waals surface area contributed by atoms with Gasteiger partial charge in [-0.15, -0.1) is 0 Å². The number of carbonyl (C=O) groups excluding carboxylic acids is 1. The fourth-order valence-corrected chi connectivity index (χ4v) is 4.21. The van der Waals surface area contributed by atoms with Gasteiger partial charge in [0.15, 0.2) is 0 Å². The first-order valence-electron chi connectivity index (χ1n) is 8.04. The van der Waals surface area contributed by atoms with Crippen LogP contribution in [0.15, 0.2) is 29.2 Å². The Morgan fingerprint density at radius 3 is 2.50 bits per heavy atom. The molecule has 0 unspecified atom stereocenters. The van der Waals surface area contributed by atoms with Gasteiger partial charge in [-0.1, -0.05) is 31.5 Å². The van der Waals surface area contributed by atoms with Crippen molar-refractivity contribution in [1.82, 2.24) is 14.5 Å². The normalized spacial score (nSPS) is 17.2. The third-order valence-electron chi connectivity index (χ3n) is 3.84. The molecule has 134 valence electrons. The predicted molar refractivity (Wildman–Crippen MR) is 94.5 cm³/mol. The van der Waals surface area contributed by atoms with E-state index in [2.05, 4.69) is 5.32 Å². The summed E-state index contributed by atoms with van der Waals surface area (Å²) < 4.78 is 26.7. The lowest BCUT2D eigenvalue weighted by Gasteiger charge is -2.33. The average molecular weight is 374 g/mol. The van der Waals surface area contributed by atoms with Crippen LogP contribution in [0.2, 0.25) is 5.02 Å². The van der Waals surface area contributed by atoms with Crippen LogP contribution in [0.5, 0.6) is 0 Å². The minimum absolute atomic E-state index is 0.0187. The molecule has 0 bridgehead atoms. The standard InChI is InChI=1S/C16H24ClN3O3S/c1-13(2)11-18-16(21)12-19-6-8-20(9-7-19)24(22,23)15-5-3-4-14(17)10-15/h3-5,10,13H,6-9,11-12H2,1-2H3,(H,18,21). The molecule has 1 fully saturated rings. The maximum Gasteiger partial charge on any atom is 0.243 e. The summed E-state index contributed by atoms with van der Waals surface area (Å²) in [7, 11) is -3.54. The highest BCUT2D eigenvalue weighted by Crippen LogP contribution is 2.20. The van der Waals surface area contributed by atoms with Crippen molar-refractivity contribution in [3.05, 3.63) is 29.3 Å². The topological polar surface area (TPSA) is 69.7 Å². The Balaban J connectivity index is 1.89. The summed E-state index contributed by atoms with van der Waals surface area (Å²) in [4.78, 5) is 14.0. The van der Waals surface area contributed by atoms with Gasteiger partial charge in [0.05, 0.1) is 11.4 Å². The van der Waals surface area contributed by atoms with E-state index >= 15 is 0 Å². The molecule has 1 aromatic rings. The van der Waals surface area contributed by atoms with Crippen molar-refractivity contribution in [3.63, 3.8) is 0 Å². The number of benzene rings is 1. The fraction of sp³-hybridized carbons (Fsp3) is 0.562. The van der Waals surface area contributed by atoms with Crippen molar-refractivity contribution in [2.24, 2.45) is 5.92 Å². The molecule has 24 heavy (non-hydrogen) atoms. The molecule has 1 saturated heterocycles. The van der Waals surface area contributed by atoms with Gasteiger partial charge in [-0.25, -0.2) is 8.42 Å². The van der Waals surface area contributed by atoms with Gasteiger partial charge >= 0.3 is 0 Å². The van der Waals surface area contributed by atoms with Crippen LogP contribution < -0.4 is 5.32 Å². The molecule has 1 heterocycles. The highest BCUT2D eigenvalue weighted by atomic mass is 35.5. The van der Waals surface area contributed by atoms with E-state index in [1.807, 2.05) is 18.7 Å². The second kappa shape index (κ2) is 8.29. The third-order valence-corrected chi connectivity index (χ3v) is 5.97. The zero-order valence-corrected chi connectivity index (χ0v) is 15.6. The lowest BCUT2D eigenvalue weighted by molar-refractivity contribution is -0.122. The predicted octanol–water partition coefficient (Wildman–Crippen LogP) is 1.42. The van der Waals surface area contributed by atoms with Crippen LogP contribution in [-0.4, -0.2) is 62.8 Å². The van der Waals surface area contributed by atoms with Crippen LogP contribution in [-0.2, 0) is 14.8 Å². The van der Waals surface area contributed by atoms with E-state index in [4.69, 9.17) is 11.6 Å². The van der Waals surface area contributed by atoms with Crippen molar-refractivity contribution in [3.8, 4) is 0 Å². The number of nitrogens with one attached hydrogen (secondary N) is 1. The molecule has 1 aliphatic rings. The summed E-state index contributed by atoms with van der Waals surface area (Å²) >= 11 is 5.89. The van der Waals surface area contributed by atoms with Gasteiger partial charge in [0.2, 0.25) is 15.9 Å². The molecule has 1 amide bonds. The maximum atomic E-state index is 12.6. The smallest absolute Gasteiger partial charge is 0.243 e. The zero-order chi connectivity index (χ0) is 17.7. The monoisotopic (exact) mass is 373 g/mol. The largest absolute Gasteiger partial charge is 0.355 e. The van der Waals surface area contributed by atoms with Gasteiger partial charge < -0.3 is 5.32 Å². The number of carbonyl (C=O) groups is 1. The van der Waals surface area contributed by atoms with Gasteiger partial charge in [-0.3, -0.25) is 9.69 Å². The van der Waals surface area contributed by atoms with Crippen LogP contribution in [0.4, 0.5) is 0 Å². The van der Waals surface area contributed by atoms with Crippen LogP contribution in [0.1, 0.15) is 13.8 Å². The molecule has 0 saturated carbocycles. The number of piperazine rings is 1. The Morgan fingerprint density at radius 1 is 1.25 bits per heavy atom. The molecule has 1 N–H and O–H groups in total. The lowest BCUT2D eigenvalue weighted by atomic mass is 10.2. The summed E-state index contributed by atoms with van der Waals surface area (Å²) in [6.07, 6.45) is 0. The van der Waals surface area contributed by atoms with E-state index in [0.29, 0.717) is 50.2 Å². The number of hydrogen-bond acceptors (Lipinski definition) is 4. The van der Waals surface area contributed by atoms with Gasteiger partial charge in [-0.2, -0.15) is 4.31 Å². The van der Waals surface area contributed by atoms with Gasteiger partial charge in [-0.05, 0) is 24.1 Å². The van der Waals surface area contributed by atoms with Crippen LogP contribution in [0.25, 0.3) is 0 Å². The summed E-state index contributed by atoms with van der Waals surface area (Å²) in [5.74, 6) is 0.392. The number of rotatable bonds is 6. The zero-order valence-electron chi connectivity index (χ0n) is 14.0. The summed E-state index contributed by atoms with van der Waals surface area (Å²) in [6.45, 7) is 6.85. The Morgan fingerprint density at radius 2 is 1.92 bits per heavy atom. The van der Waals surface area contributed by atoms with Crippen molar-refractivity contribution in [2.75, 3.05) is 39.3 Å². The molecule has 1 aliphatic heterocycles. The molecule has 8 heteroatoms. The second-order valence-corrected chi connectivity index (χ2v) is 8.71. The van der Waals surface area contributed by atoms with Crippen molar-refractivity contribution in [2.45, 2.75) is 18.7 Å². The number of nitrogens with zero attached hydrogens (tertiary/aromatic N) is 2. The maximum absolute atomic E-state index is 12.6. The third kappa shape index (κ3) is 5.17. The highest BCUT2D eigenvalue weighted by molar-refractivity contribution is 7.89. The molecular formula is C16H24ClN3O3S. The quantitative estimate of drug-likeness (QED) is 0.818. The van der Waals surface area contributed by atoms with Crippen LogP contribution in [0.3, 0.4) is 0 Å². The molecule has 2 rings (SSSR count). The average Bonchev–Trinajstić information content (AvgIpc) is 2.53. The number of sulfonamides is 1. The first-order valence-corrected chi connectivity index (χ1v) is 9.85. The lowest BCUT2D eigenvalue weighted by Crippen LogP contribution is -2.51. The number of amides is 1. The first-order chi connectivity index (χ1) is 11.3. The molecule has 0 spiro atoms. The molecule has 0 radical (unpaired) electrons.